The molecule has 0 spiro atoms. The van der Waals surface area contributed by atoms with Gasteiger partial charge in [0, 0.05) is 24.8 Å². The zero-order valence-corrected chi connectivity index (χ0v) is 19.6. The number of carbonyl (C=O) groups is 1. The third-order valence-corrected chi connectivity index (χ3v) is 8.27. The van der Waals surface area contributed by atoms with E-state index in [1.54, 1.807) is 0 Å². The first-order chi connectivity index (χ1) is 15.5. The summed E-state index contributed by atoms with van der Waals surface area (Å²) in [6.45, 7) is 0.246. The van der Waals surface area contributed by atoms with Crippen molar-refractivity contribution in [3.8, 4) is 0 Å². The molecule has 2 aromatic rings. The highest BCUT2D eigenvalue weighted by molar-refractivity contribution is 7.92. The van der Waals surface area contributed by atoms with E-state index in [2.05, 4.69) is 5.32 Å². The van der Waals surface area contributed by atoms with Gasteiger partial charge in [0.2, 0.25) is 26.0 Å². The van der Waals surface area contributed by atoms with Crippen molar-refractivity contribution >= 4 is 37.3 Å². The number of anilines is 2. The topological polar surface area (TPSA) is 104 Å². The van der Waals surface area contributed by atoms with Gasteiger partial charge in [-0.1, -0.05) is 12.8 Å². The monoisotopic (exact) mass is 501 g/mol. The molecule has 1 fully saturated rings. The lowest BCUT2D eigenvalue weighted by atomic mass is 10.2. The molecule has 1 amide bonds. The van der Waals surface area contributed by atoms with Crippen LogP contribution in [-0.4, -0.2) is 52.9 Å². The first kappa shape index (κ1) is 25.1. The number of hydrogen-bond donors (Lipinski definition) is 1. The molecule has 0 atom stereocenters. The number of nitrogens with zero attached hydrogens (tertiary/aromatic N) is 2. The van der Waals surface area contributed by atoms with Crippen LogP contribution in [0.4, 0.5) is 20.2 Å². The molecule has 8 nitrogen and oxygen atoms in total. The highest BCUT2D eigenvalue weighted by Gasteiger charge is 2.25. The van der Waals surface area contributed by atoms with Gasteiger partial charge in [-0.3, -0.25) is 9.10 Å². The molecule has 180 valence electrons. The fourth-order valence-corrected chi connectivity index (χ4v) is 5.88. The Hall–Kier alpha value is -2.57. The van der Waals surface area contributed by atoms with Crippen LogP contribution < -0.4 is 9.62 Å². The Morgan fingerprint density at radius 3 is 2.09 bits per heavy atom. The predicted octanol–water partition coefficient (Wildman–Crippen LogP) is 2.93. The average molecular weight is 502 g/mol. The maximum absolute atomic E-state index is 13.6. The van der Waals surface area contributed by atoms with E-state index in [1.165, 1.54) is 28.6 Å². The lowest BCUT2D eigenvalue weighted by Crippen LogP contribution is -2.37. The number of hydrogen-bond acceptors (Lipinski definition) is 5. The van der Waals surface area contributed by atoms with Gasteiger partial charge >= 0.3 is 0 Å². The predicted molar refractivity (Wildman–Crippen MR) is 121 cm³/mol. The summed E-state index contributed by atoms with van der Waals surface area (Å²) in [6.07, 6.45) is 4.44. The average Bonchev–Trinajstić information content (AvgIpc) is 3.04. The Morgan fingerprint density at radius 1 is 0.939 bits per heavy atom. The molecule has 1 saturated heterocycles. The second kappa shape index (κ2) is 10.1. The summed E-state index contributed by atoms with van der Waals surface area (Å²) < 4.78 is 78.7. The molecule has 0 saturated carbocycles. The fraction of sp³-hybridized carbons (Fsp3) is 0.381. The van der Waals surface area contributed by atoms with Crippen molar-refractivity contribution in [2.24, 2.45) is 0 Å². The van der Waals surface area contributed by atoms with Crippen molar-refractivity contribution in [2.45, 2.75) is 30.6 Å². The largest absolute Gasteiger partial charge is 0.325 e. The van der Waals surface area contributed by atoms with E-state index in [-0.39, 0.29) is 16.3 Å². The van der Waals surface area contributed by atoms with E-state index in [1.807, 2.05) is 0 Å². The second-order valence-electron chi connectivity index (χ2n) is 7.76. The minimum atomic E-state index is -3.98. The first-order valence-electron chi connectivity index (χ1n) is 10.3. The number of rotatable bonds is 7. The van der Waals surface area contributed by atoms with Crippen LogP contribution in [-0.2, 0) is 24.8 Å². The molecule has 0 bridgehead atoms. The molecule has 3 rings (SSSR count). The van der Waals surface area contributed by atoms with Crippen molar-refractivity contribution in [1.29, 1.82) is 0 Å². The minimum Gasteiger partial charge on any atom is -0.325 e. The third-order valence-electron chi connectivity index (χ3n) is 5.22. The van der Waals surface area contributed by atoms with Crippen molar-refractivity contribution in [1.82, 2.24) is 4.31 Å². The van der Waals surface area contributed by atoms with Crippen LogP contribution in [0.2, 0.25) is 0 Å². The van der Waals surface area contributed by atoms with E-state index in [0.717, 1.165) is 44.1 Å². The lowest BCUT2D eigenvalue weighted by Gasteiger charge is -2.22. The van der Waals surface area contributed by atoms with Crippen LogP contribution in [0.15, 0.2) is 47.4 Å². The Bertz CT molecular complexity index is 1210. The third kappa shape index (κ3) is 6.27. The van der Waals surface area contributed by atoms with E-state index < -0.39 is 44.1 Å². The summed E-state index contributed by atoms with van der Waals surface area (Å²) in [5, 5.41) is 2.49. The number of benzene rings is 2. The number of amides is 1. The van der Waals surface area contributed by atoms with Crippen LogP contribution in [0, 0.1) is 11.6 Å². The molecule has 2 aromatic carbocycles. The van der Waals surface area contributed by atoms with Crippen molar-refractivity contribution in [3.63, 3.8) is 0 Å². The van der Waals surface area contributed by atoms with Gasteiger partial charge in [-0.2, -0.15) is 4.31 Å². The van der Waals surface area contributed by atoms with Gasteiger partial charge in [0.05, 0.1) is 16.8 Å². The van der Waals surface area contributed by atoms with Crippen molar-refractivity contribution in [2.75, 3.05) is 35.5 Å². The summed E-state index contributed by atoms with van der Waals surface area (Å²) in [4.78, 5) is 12.5. The molecule has 33 heavy (non-hydrogen) atoms. The Kier molecular flexibility index (Phi) is 7.70. The van der Waals surface area contributed by atoms with Crippen LogP contribution >= 0.6 is 0 Å². The van der Waals surface area contributed by atoms with E-state index >= 15 is 0 Å². The standard InChI is InChI=1S/C21H25F2N3O5S2/c1-32(28,29)26(17-8-11-19(22)20(23)14-17)15-21(27)24-16-6-9-18(10-7-16)33(30,31)25-12-4-2-3-5-13-25/h6-11,14H,2-5,12-13,15H2,1H3,(H,24,27). The molecule has 1 N–H and O–H groups in total. The first-order valence-corrected chi connectivity index (χ1v) is 13.6. The molecule has 1 aliphatic rings. The number of sulfonamides is 2. The van der Waals surface area contributed by atoms with Gasteiger partial charge in [0.25, 0.3) is 0 Å². The Balaban J connectivity index is 1.72. The van der Waals surface area contributed by atoms with Gasteiger partial charge in [0.1, 0.15) is 6.54 Å². The quantitative estimate of drug-likeness (QED) is 0.628. The van der Waals surface area contributed by atoms with Gasteiger partial charge in [-0.15, -0.1) is 0 Å². The normalized spacial score (nSPS) is 15.6. The SMILES string of the molecule is CS(=O)(=O)N(CC(=O)Nc1ccc(S(=O)(=O)N2CCCCCC2)cc1)c1ccc(F)c(F)c1. The highest BCUT2D eigenvalue weighted by Crippen LogP contribution is 2.23. The van der Waals surface area contributed by atoms with Crippen LogP contribution in [0.5, 0.6) is 0 Å². The maximum atomic E-state index is 13.6. The summed E-state index contributed by atoms with van der Waals surface area (Å²) >= 11 is 0. The number of nitrogens with one attached hydrogen (secondary N) is 1. The zero-order chi connectivity index (χ0) is 24.2. The van der Waals surface area contributed by atoms with Crippen molar-refractivity contribution in [3.05, 3.63) is 54.1 Å². The number of halogens is 2. The highest BCUT2D eigenvalue weighted by atomic mass is 32.2. The molecular formula is C21H25F2N3O5S2. The Labute approximate surface area is 192 Å². The molecule has 0 aromatic heterocycles. The van der Waals surface area contributed by atoms with Gasteiger partial charge in [-0.05, 0) is 49.2 Å². The lowest BCUT2D eigenvalue weighted by molar-refractivity contribution is -0.114. The van der Waals surface area contributed by atoms with Gasteiger partial charge in [-0.25, -0.2) is 25.6 Å². The maximum Gasteiger partial charge on any atom is 0.245 e. The molecule has 0 aliphatic carbocycles. The molecule has 12 heteroatoms. The molecule has 0 radical (unpaired) electrons. The number of carbonyl (C=O) groups excluding carboxylic acids is 1. The molecule has 1 aliphatic heterocycles. The van der Waals surface area contributed by atoms with Crippen LogP contribution in [0.3, 0.4) is 0 Å². The fourth-order valence-electron chi connectivity index (χ4n) is 3.51. The van der Waals surface area contributed by atoms with E-state index in [4.69, 9.17) is 0 Å². The summed E-state index contributed by atoms with van der Waals surface area (Å²) in [6, 6.07) is 8.07. The van der Waals surface area contributed by atoms with Gasteiger partial charge < -0.3 is 5.32 Å². The van der Waals surface area contributed by atoms with Crippen LogP contribution in [0.1, 0.15) is 25.7 Å². The van der Waals surface area contributed by atoms with Gasteiger partial charge in [0.15, 0.2) is 11.6 Å². The van der Waals surface area contributed by atoms with E-state index in [9.17, 15) is 30.4 Å². The summed E-state index contributed by atoms with van der Waals surface area (Å²) in [5.74, 6) is -3.14. The minimum absolute atomic E-state index is 0.0990. The summed E-state index contributed by atoms with van der Waals surface area (Å²) in [7, 11) is -7.62. The van der Waals surface area contributed by atoms with E-state index in [0.29, 0.717) is 23.5 Å². The molecule has 1 heterocycles. The smallest absolute Gasteiger partial charge is 0.245 e. The molecular weight excluding hydrogens is 476 g/mol. The Morgan fingerprint density at radius 2 is 1.55 bits per heavy atom. The molecule has 0 unspecified atom stereocenters. The van der Waals surface area contributed by atoms with Crippen LogP contribution in [0.25, 0.3) is 0 Å². The van der Waals surface area contributed by atoms with Crippen molar-refractivity contribution < 1.29 is 30.4 Å². The summed E-state index contributed by atoms with van der Waals surface area (Å²) in [5.41, 5.74) is 0.0546. The second-order valence-corrected chi connectivity index (χ2v) is 11.6. The zero-order valence-electron chi connectivity index (χ0n) is 18.0.